The fourth-order valence-corrected chi connectivity index (χ4v) is 4.39. The van der Waals surface area contributed by atoms with Crippen molar-refractivity contribution in [2.24, 2.45) is 0 Å². The Morgan fingerprint density at radius 1 is 1.33 bits per heavy atom. The Morgan fingerprint density at radius 3 is 2.62 bits per heavy atom. The minimum atomic E-state index is -3.74. The highest BCUT2D eigenvalue weighted by atomic mass is 35.5. The number of nitrogens with zero attached hydrogens (tertiary/aromatic N) is 2. The number of hydrogen-bond donors (Lipinski definition) is 0. The van der Waals surface area contributed by atoms with Gasteiger partial charge in [-0.2, -0.15) is 4.31 Å². The molecule has 1 aliphatic rings. The third-order valence-corrected chi connectivity index (χ3v) is 6.34. The molecule has 0 unspecified atom stereocenters. The lowest BCUT2D eigenvalue weighted by molar-refractivity contribution is 0.0730. The van der Waals surface area contributed by atoms with Crippen molar-refractivity contribution in [3.8, 4) is 0 Å². The van der Waals surface area contributed by atoms with Gasteiger partial charge in [-0.05, 0) is 24.6 Å². The van der Waals surface area contributed by atoms with Crippen molar-refractivity contribution in [3.63, 3.8) is 0 Å². The van der Waals surface area contributed by atoms with Crippen molar-refractivity contribution in [2.75, 3.05) is 39.9 Å². The lowest BCUT2D eigenvalue weighted by Gasteiger charge is -2.26. The number of unbranched alkanes of at least 4 members (excludes halogenated alkanes) is 1. The maximum atomic E-state index is 12.8. The van der Waals surface area contributed by atoms with Gasteiger partial charge >= 0.3 is 0 Å². The summed E-state index contributed by atoms with van der Waals surface area (Å²) in [5, 5.41) is 0.120. The van der Waals surface area contributed by atoms with Crippen LogP contribution in [0.1, 0.15) is 30.1 Å². The first kappa shape index (κ1) is 19.2. The van der Waals surface area contributed by atoms with Gasteiger partial charge in [0.2, 0.25) is 10.0 Å². The zero-order valence-electron chi connectivity index (χ0n) is 14.0. The van der Waals surface area contributed by atoms with Gasteiger partial charge in [0.15, 0.2) is 0 Å². The lowest BCUT2D eigenvalue weighted by Crippen LogP contribution is -2.40. The smallest absolute Gasteiger partial charge is 0.253 e. The summed E-state index contributed by atoms with van der Waals surface area (Å²) in [6.45, 7) is 3.96. The molecule has 1 aromatic rings. The maximum Gasteiger partial charge on any atom is 0.253 e. The molecular formula is C16H23ClN2O4S. The molecule has 1 aliphatic heterocycles. The van der Waals surface area contributed by atoms with Crippen LogP contribution in [-0.2, 0) is 14.8 Å². The summed E-state index contributed by atoms with van der Waals surface area (Å²) in [4.78, 5) is 14.0. The number of ether oxygens (including phenoxy) is 1. The van der Waals surface area contributed by atoms with E-state index in [2.05, 4.69) is 0 Å². The van der Waals surface area contributed by atoms with Gasteiger partial charge in [-0.25, -0.2) is 8.42 Å². The van der Waals surface area contributed by atoms with Crippen LogP contribution in [0.3, 0.4) is 0 Å². The van der Waals surface area contributed by atoms with Crippen LogP contribution in [0.25, 0.3) is 0 Å². The number of rotatable bonds is 6. The highest BCUT2D eigenvalue weighted by Gasteiger charge is 2.29. The van der Waals surface area contributed by atoms with E-state index in [9.17, 15) is 13.2 Å². The van der Waals surface area contributed by atoms with E-state index in [1.165, 1.54) is 16.4 Å². The molecule has 1 fully saturated rings. The second kappa shape index (κ2) is 8.29. The van der Waals surface area contributed by atoms with Gasteiger partial charge < -0.3 is 9.64 Å². The van der Waals surface area contributed by atoms with Gasteiger partial charge in [-0.3, -0.25) is 4.79 Å². The molecule has 6 nitrogen and oxygen atoms in total. The van der Waals surface area contributed by atoms with E-state index in [1.54, 1.807) is 18.0 Å². The summed E-state index contributed by atoms with van der Waals surface area (Å²) < 4.78 is 32.1. The van der Waals surface area contributed by atoms with Gasteiger partial charge in [0.25, 0.3) is 5.91 Å². The molecule has 0 atom stereocenters. The summed E-state index contributed by atoms with van der Waals surface area (Å²) in [6, 6.07) is 4.40. The second-order valence-electron chi connectivity index (χ2n) is 5.74. The molecule has 1 aromatic carbocycles. The van der Waals surface area contributed by atoms with Crippen LogP contribution in [0.15, 0.2) is 23.1 Å². The third kappa shape index (κ3) is 4.27. The molecular weight excluding hydrogens is 352 g/mol. The first-order chi connectivity index (χ1) is 11.4. The summed E-state index contributed by atoms with van der Waals surface area (Å²) in [5.74, 6) is -0.210. The number of carbonyl (C=O) groups is 1. The standard InChI is InChI=1S/C16H23ClN2O4S/c1-3-4-7-18(2)16(20)13-5-6-14(17)15(12-13)24(21,22)19-8-10-23-11-9-19/h5-6,12H,3-4,7-11H2,1-2H3. The van der Waals surface area contributed by atoms with Crippen LogP contribution in [-0.4, -0.2) is 63.4 Å². The zero-order chi connectivity index (χ0) is 17.7. The molecule has 0 aromatic heterocycles. The molecule has 8 heteroatoms. The second-order valence-corrected chi connectivity index (χ2v) is 8.06. The predicted molar refractivity (Wildman–Crippen MR) is 92.9 cm³/mol. The first-order valence-electron chi connectivity index (χ1n) is 8.01. The van der Waals surface area contributed by atoms with E-state index in [0.29, 0.717) is 25.3 Å². The number of carbonyl (C=O) groups excluding carboxylic acids is 1. The number of halogens is 1. The van der Waals surface area contributed by atoms with Crippen molar-refractivity contribution in [2.45, 2.75) is 24.7 Å². The molecule has 0 spiro atoms. The molecule has 2 rings (SSSR count). The summed E-state index contributed by atoms with van der Waals surface area (Å²) >= 11 is 6.11. The molecule has 0 bridgehead atoms. The molecule has 0 N–H and O–H groups in total. The largest absolute Gasteiger partial charge is 0.379 e. The average Bonchev–Trinajstić information content (AvgIpc) is 2.60. The quantitative estimate of drug-likeness (QED) is 0.765. The van der Waals surface area contributed by atoms with Crippen LogP contribution in [0.4, 0.5) is 0 Å². The van der Waals surface area contributed by atoms with E-state index in [-0.39, 0.29) is 28.9 Å². The predicted octanol–water partition coefficient (Wildman–Crippen LogP) is 2.23. The summed E-state index contributed by atoms with van der Waals surface area (Å²) in [7, 11) is -2.03. The number of hydrogen-bond acceptors (Lipinski definition) is 4. The number of amides is 1. The van der Waals surface area contributed by atoms with E-state index in [0.717, 1.165) is 12.8 Å². The van der Waals surface area contributed by atoms with Gasteiger partial charge in [0.05, 0.1) is 18.2 Å². The van der Waals surface area contributed by atoms with E-state index in [4.69, 9.17) is 16.3 Å². The maximum absolute atomic E-state index is 12.8. The number of morpholine rings is 1. The normalized spacial score (nSPS) is 16.1. The molecule has 0 aliphatic carbocycles. The van der Waals surface area contributed by atoms with Crippen molar-refractivity contribution in [1.29, 1.82) is 0 Å². The zero-order valence-corrected chi connectivity index (χ0v) is 15.6. The summed E-state index contributed by atoms with van der Waals surface area (Å²) in [6.07, 6.45) is 1.88. The highest BCUT2D eigenvalue weighted by Crippen LogP contribution is 2.27. The van der Waals surface area contributed by atoms with E-state index < -0.39 is 10.0 Å². The van der Waals surface area contributed by atoms with Crippen LogP contribution < -0.4 is 0 Å². The van der Waals surface area contributed by atoms with Crippen LogP contribution >= 0.6 is 11.6 Å². The fraction of sp³-hybridized carbons (Fsp3) is 0.562. The number of benzene rings is 1. The Hall–Kier alpha value is -1.15. The monoisotopic (exact) mass is 374 g/mol. The molecule has 0 saturated carbocycles. The Morgan fingerprint density at radius 2 is 2.00 bits per heavy atom. The number of sulfonamides is 1. The van der Waals surface area contributed by atoms with Crippen molar-refractivity contribution in [1.82, 2.24) is 9.21 Å². The summed E-state index contributed by atoms with van der Waals surface area (Å²) in [5.41, 5.74) is 0.324. The topological polar surface area (TPSA) is 66.9 Å². The first-order valence-corrected chi connectivity index (χ1v) is 9.82. The average molecular weight is 375 g/mol. The van der Waals surface area contributed by atoms with Crippen molar-refractivity contribution < 1.29 is 17.9 Å². The Kier molecular flexibility index (Phi) is 6.62. The minimum absolute atomic E-state index is 0.0270. The van der Waals surface area contributed by atoms with Gasteiger partial charge in [-0.1, -0.05) is 24.9 Å². The van der Waals surface area contributed by atoms with Crippen LogP contribution in [0, 0.1) is 0 Å². The highest BCUT2D eigenvalue weighted by molar-refractivity contribution is 7.89. The van der Waals surface area contributed by atoms with Gasteiger partial charge in [-0.15, -0.1) is 0 Å². The van der Waals surface area contributed by atoms with Crippen molar-refractivity contribution in [3.05, 3.63) is 28.8 Å². The molecule has 134 valence electrons. The van der Waals surface area contributed by atoms with Crippen molar-refractivity contribution >= 4 is 27.5 Å². The minimum Gasteiger partial charge on any atom is -0.379 e. The van der Waals surface area contributed by atoms with Crippen LogP contribution in [0.2, 0.25) is 5.02 Å². The Balaban J connectivity index is 2.29. The SMILES string of the molecule is CCCCN(C)C(=O)c1ccc(Cl)c(S(=O)(=O)N2CCOCC2)c1. The van der Waals surface area contributed by atoms with Gasteiger partial charge in [0.1, 0.15) is 4.90 Å². The van der Waals surface area contributed by atoms with E-state index >= 15 is 0 Å². The van der Waals surface area contributed by atoms with Gasteiger partial charge in [0, 0.05) is 32.2 Å². The molecule has 0 radical (unpaired) electrons. The fourth-order valence-electron chi connectivity index (χ4n) is 2.48. The molecule has 24 heavy (non-hydrogen) atoms. The molecule has 1 heterocycles. The molecule has 1 saturated heterocycles. The molecule has 1 amide bonds. The Labute approximate surface area is 148 Å². The third-order valence-electron chi connectivity index (χ3n) is 3.96. The lowest BCUT2D eigenvalue weighted by atomic mass is 10.2. The Bertz CT molecular complexity index is 687. The van der Waals surface area contributed by atoms with Crippen LogP contribution in [0.5, 0.6) is 0 Å². The van der Waals surface area contributed by atoms with E-state index in [1.807, 2.05) is 6.92 Å².